The Morgan fingerprint density at radius 2 is 1.96 bits per heavy atom. The van der Waals surface area contributed by atoms with Gasteiger partial charge in [0.15, 0.2) is 5.69 Å². The van der Waals surface area contributed by atoms with Crippen molar-refractivity contribution in [2.45, 2.75) is 81.8 Å². The summed E-state index contributed by atoms with van der Waals surface area (Å²) in [5, 5.41) is 7.05. The van der Waals surface area contributed by atoms with Gasteiger partial charge in [-0.15, -0.1) is 0 Å². The fourth-order valence-corrected chi connectivity index (χ4v) is 4.50. The van der Waals surface area contributed by atoms with Crippen LogP contribution in [-0.4, -0.2) is 46.5 Å². The van der Waals surface area contributed by atoms with E-state index < -0.39 is 0 Å². The zero-order valence-corrected chi connectivity index (χ0v) is 15.2. The van der Waals surface area contributed by atoms with E-state index in [1.165, 1.54) is 0 Å². The molecule has 3 aliphatic rings. The van der Waals surface area contributed by atoms with Gasteiger partial charge in [-0.05, 0) is 57.9 Å². The fourth-order valence-electron chi connectivity index (χ4n) is 4.50. The molecular formula is C19H28N4O3. The smallest absolute Gasteiger partial charge is 0.273 e. The van der Waals surface area contributed by atoms with Crippen molar-refractivity contribution in [3.8, 4) is 0 Å². The highest BCUT2D eigenvalue weighted by atomic mass is 16.5. The number of nitrogens with zero attached hydrogens (tertiary/aromatic N) is 2. The van der Waals surface area contributed by atoms with Crippen molar-refractivity contribution >= 4 is 11.8 Å². The highest BCUT2D eigenvalue weighted by Gasteiger charge is 2.41. The number of carbonyl (C=O) groups is 2. The molecule has 2 aliphatic heterocycles. The summed E-state index contributed by atoms with van der Waals surface area (Å²) >= 11 is 0. The molecule has 0 spiro atoms. The zero-order chi connectivity index (χ0) is 18.1. The molecule has 3 heterocycles. The van der Waals surface area contributed by atoms with E-state index in [1.807, 2.05) is 0 Å². The number of fused-ring (bicyclic) bond motifs is 2. The molecule has 0 radical (unpaired) electrons. The van der Waals surface area contributed by atoms with Gasteiger partial charge in [-0.2, -0.15) is 0 Å². The average molecular weight is 360 g/mol. The Morgan fingerprint density at radius 3 is 2.62 bits per heavy atom. The molecule has 7 nitrogen and oxygen atoms in total. The summed E-state index contributed by atoms with van der Waals surface area (Å²) in [6, 6.07) is 2.34. The highest BCUT2D eigenvalue weighted by molar-refractivity contribution is 5.92. The van der Waals surface area contributed by atoms with E-state index in [0.717, 1.165) is 57.1 Å². The molecule has 2 saturated heterocycles. The number of nitrogens with two attached hydrogens (primary N) is 1. The Labute approximate surface area is 153 Å². The second-order valence-corrected chi connectivity index (χ2v) is 7.96. The van der Waals surface area contributed by atoms with Crippen molar-refractivity contribution < 1.29 is 14.1 Å². The predicted molar refractivity (Wildman–Crippen MR) is 95.5 cm³/mol. The normalized spacial score (nSPS) is 28.0. The maximum Gasteiger partial charge on any atom is 0.273 e. The van der Waals surface area contributed by atoms with Crippen LogP contribution in [0.1, 0.15) is 80.0 Å². The summed E-state index contributed by atoms with van der Waals surface area (Å²) in [4.78, 5) is 27.2. The van der Waals surface area contributed by atoms with Gasteiger partial charge in [0.2, 0.25) is 5.91 Å². The lowest BCUT2D eigenvalue weighted by atomic mass is 9.81. The summed E-state index contributed by atoms with van der Waals surface area (Å²) in [5.74, 6) is 1.34. The Kier molecular flexibility index (Phi) is 4.98. The van der Waals surface area contributed by atoms with Crippen molar-refractivity contribution in [3.63, 3.8) is 0 Å². The molecule has 7 heteroatoms. The van der Waals surface area contributed by atoms with Crippen molar-refractivity contribution in [2.24, 2.45) is 5.73 Å². The largest absolute Gasteiger partial charge is 0.360 e. The maximum atomic E-state index is 12.6. The lowest BCUT2D eigenvalue weighted by Crippen LogP contribution is -2.58. The predicted octanol–water partition coefficient (Wildman–Crippen LogP) is 1.93. The molecule has 1 aliphatic carbocycles. The molecule has 2 bridgehead atoms. The molecule has 26 heavy (non-hydrogen) atoms. The number of amides is 2. The molecule has 2 atom stereocenters. The first-order valence-electron chi connectivity index (χ1n) is 9.94. The van der Waals surface area contributed by atoms with Crippen molar-refractivity contribution in [1.29, 1.82) is 0 Å². The van der Waals surface area contributed by atoms with Crippen molar-refractivity contribution in [1.82, 2.24) is 15.4 Å². The van der Waals surface area contributed by atoms with Crippen LogP contribution in [0, 0.1) is 0 Å². The Morgan fingerprint density at radius 1 is 1.23 bits per heavy atom. The first-order valence-corrected chi connectivity index (χ1v) is 9.94. The molecule has 1 aromatic heterocycles. The van der Waals surface area contributed by atoms with E-state index in [2.05, 4.69) is 15.4 Å². The third kappa shape index (κ3) is 3.63. The van der Waals surface area contributed by atoms with Crippen LogP contribution in [0.15, 0.2) is 10.6 Å². The Bertz CT molecular complexity index is 655. The van der Waals surface area contributed by atoms with Gasteiger partial charge in [0.25, 0.3) is 5.91 Å². The van der Waals surface area contributed by atoms with E-state index in [-0.39, 0.29) is 29.9 Å². The molecule has 1 aromatic rings. The molecule has 3 fully saturated rings. The van der Waals surface area contributed by atoms with Gasteiger partial charge in [-0.3, -0.25) is 9.59 Å². The molecule has 4 rings (SSSR count). The topological polar surface area (TPSA) is 101 Å². The van der Waals surface area contributed by atoms with E-state index in [4.69, 9.17) is 10.3 Å². The number of rotatable bonds is 6. The Hall–Kier alpha value is -1.89. The van der Waals surface area contributed by atoms with E-state index >= 15 is 0 Å². The van der Waals surface area contributed by atoms with Crippen LogP contribution < -0.4 is 11.1 Å². The number of hydrogen-bond acceptors (Lipinski definition) is 5. The summed E-state index contributed by atoms with van der Waals surface area (Å²) < 4.78 is 5.29. The van der Waals surface area contributed by atoms with E-state index in [1.54, 1.807) is 6.07 Å². The first-order chi connectivity index (χ1) is 12.7. The standard InChI is InChI=1S/C19H28N4O3/c20-8-2-5-18(24)23-14-3-1-4-15(23)10-13(9-14)21-19(25)16-11-17(26-22-16)12-6-7-12/h11-15H,1-10,20H2,(H,21,25). The molecule has 142 valence electrons. The quantitative estimate of drug-likeness (QED) is 0.807. The lowest BCUT2D eigenvalue weighted by Gasteiger charge is -2.49. The first kappa shape index (κ1) is 17.5. The minimum atomic E-state index is -0.161. The fraction of sp³-hybridized carbons (Fsp3) is 0.737. The lowest BCUT2D eigenvalue weighted by molar-refractivity contribution is -0.141. The molecule has 1 saturated carbocycles. The van der Waals surface area contributed by atoms with Gasteiger partial charge in [0.05, 0.1) is 0 Å². The zero-order valence-electron chi connectivity index (χ0n) is 15.2. The highest BCUT2D eigenvalue weighted by Crippen LogP contribution is 2.40. The van der Waals surface area contributed by atoms with Crippen LogP contribution in [-0.2, 0) is 4.79 Å². The third-order valence-electron chi connectivity index (χ3n) is 5.93. The molecule has 2 amide bonds. The monoisotopic (exact) mass is 360 g/mol. The molecular weight excluding hydrogens is 332 g/mol. The second kappa shape index (κ2) is 7.39. The van der Waals surface area contributed by atoms with Crippen LogP contribution >= 0.6 is 0 Å². The average Bonchev–Trinajstić information content (AvgIpc) is 3.35. The number of hydrogen-bond donors (Lipinski definition) is 2. The van der Waals surface area contributed by atoms with Gasteiger partial charge in [-0.1, -0.05) is 5.16 Å². The third-order valence-corrected chi connectivity index (χ3v) is 5.93. The van der Waals surface area contributed by atoms with Crippen LogP contribution in [0.25, 0.3) is 0 Å². The van der Waals surface area contributed by atoms with Crippen LogP contribution in [0.4, 0.5) is 0 Å². The van der Waals surface area contributed by atoms with Gasteiger partial charge < -0.3 is 20.5 Å². The van der Waals surface area contributed by atoms with Crippen LogP contribution in [0.2, 0.25) is 0 Å². The van der Waals surface area contributed by atoms with Crippen molar-refractivity contribution in [2.75, 3.05) is 6.54 Å². The number of nitrogens with one attached hydrogen (secondary N) is 1. The van der Waals surface area contributed by atoms with E-state index in [0.29, 0.717) is 24.6 Å². The van der Waals surface area contributed by atoms with Crippen LogP contribution in [0.5, 0.6) is 0 Å². The van der Waals surface area contributed by atoms with Crippen molar-refractivity contribution in [3.05, 3.63) is 17.5 Å². The summed E-state index contributed by atoms with van der Waals surface area (Å²) in [5.41, 5.74) is 5.92. The number of piperidine rings is 2. The minimum Gasteiger partial charge on any atom is -0.360 e. The Balaban J connectivity index is 1.37. The molecule has 3 N–H and O–H groups in total. The van der Waals surface area contributed by atoms with E-state index in [9.17, 15) is 9.59 Å². The van der Waals surface area contributed by atoms with Crippen LogP contribution in [0.3, 0.4) is 0 Å². The van der Waals surface area contributed by atoms with Gasteiger partial charge >= 0.3 is 0 Å². The second-order valence-electron chi connectivity index (χ2n) is 7.96. The van der Waals surface area contributed by atoms with Gasteiger partial charge in [0.1, 0.15) is 5.76 Å². The summed E-state index contributed by atoms with van der Waals surface area (Å²) in [6.07, 6.45) is 8.36. The SMILES string of the molecule is NCCCC(=O)N1C2CCCC1CC(NC(=O)c1cc(C3CC3)on1)C2. The minimum absolute atomic E-state index is 0.0948. The summed E-state index contributed by atoms with van der Waals surface area (Å²) in [6.45, 7) is 0.550. The molecule has 2 unspecified atom stereocenters. The molecule has 0 aromatic carbocycles. The number of aromatic nitrogens is 1. The van der Waals surface area contributed by atoms with Gasteiger partial charge in [-0.25, -0.2) is 0 Å². The maximum absolute atomic E-state index is 12.6. The summed E-state index contributed by atoms with van der Waals surface area (Å²) in [7, 11) is 0. The van der Waals surface area contributed by atoms with Gasteiger partial charge in [0, 0.05) is 36.5 Å². The number of carbonyl (C=O) groups excluding carboxylic acids is 2.